The van der Waals surface area contributed by atoms with Gasteiger partial charge in [-0.1, -0.05) is 48.9 Å². The van der Waals surface area contributed by atoms with Gasteiger partial charge in [0.05, 0.1) is 19.3 Å². The van der Waals surface area contributed by atoms with Crippen LogP contribution in [-0.4, -0.2) is 103 Å². The van der Waals surface area contributed by atoms with Crippen molar-refractivity contribution >= 4 is 17.5 Å². The van der Waals surface area contributed by atoms with Crippen molar-refractivity contribution in [3.63, 3.8) is 0 Å². The second-order valence-electron chi connectivity index (χ2n) is 13.7. The maximum atomic E-state index is 13.0. The number of nitrogens with one attached hydrogen (secondary N) is 1. The van der Waals surface area contributed by atoms with E-state index in [2.05, 4.69) is 35.4 Å². The Balaban J connectivity index is 1.18. The Morgan fingerprint density at radius 1 is 1.04 bits per heavy atom. The standard InChI is InChI=1S/C38H50ClN3O8/c1-24(5-4-8-35(47)42(17-18-43)22-32(45)36(48)37(49)33(46)23-44)25-9-12-31(39)26(19-25)20-41-38(14-15-38)30-21-40-16-13-28(30)29-6-2-3-7-34(29)50-27-10-11-27/h2-3,6-7,9,12-13,16,19,21,24,27,32-33,36-37,41,43-46,48-49H,4-5,8,10-11,14-15,17-18,20,22-23H2,1H3/t24?,32-,33+,36+,37+/m1/s1. The van der Waals surface area contributed by atoms with Gasteiger partial charge in [-0.2, -0.15) is 0 Å². The van der Waals surface area contributed by atoms with E-state index in [-0.39, 0.29) is 43.5 Å². The van der Waals surface area contributed by atoms with Gasteiger partial charge in [0, 0.05) is 54.6 Å². The number of amides is 1. The third-order valence-corrected chi connectivity index (χ3v) is 10.2. The molecule has 2 aliphatic rings. The van der Waals surface area contributed by atoms with Gasteiger partial charge in [0.2, 0.25) is 5.91 Å². The van der Waals surface area contributed by atoms with E-state index >= 15 is 0 Å². The average molecular weight is 712 g/mol. The molecule has 0 saturated heterocycles. The molecule has 5 rings (SSSR count). The summed E-state index contributed by atoms with van der Waals surface area (Å²) in [4.78, 5) is 18.7. The van der Waals surface area contributed by atoms with E-state index in [0.29, 0.717) is 30.5 Å². The molecule has 0 radical (unpaired) electrons. The number of pyridine rings is 1. The van der Waals surface area contributed by atoms with Gasteiger partial charge in [0.15, 0.2) is 0 Å². The highest BCUT2D eigenvalue weighted by Gasteiger charge is 2.46. The van der Waals surface area contributed by atoms with E-state index in [4.69, 9.17) is 21.4 Å². The van der Waals surface area contributed by atoms with Crippen molar-refractivity contribution in [3.8, 4) is 16.9 Å². The number of aliphatic hydroxyl groups excluding tert-OH is 6. The molecule has 2 fully saturated rings. The van der Waals surface area contributed by atoms with Gasteiger partial charge < -0.3 is 45.6 Å². The zero-order valence-electron chi connectivity index (χ0n) is 28.5. The lowest BCUT2D eigenvalue weighted by molar-refractivity contribution is -0.140. The molecule has 1 unspecified atom stereocenters. The number of aromatic nitrogens is 1. The summed E-state index contributed by atoms with van der Waals surface area (Å²) in [6.07, 6.45) is 2.81. The van der Waals surface area contributed by atoms with Gasteiger partial charge in [-0.15, -0.1) is 0 Å². The summed E-state index contributed by atoms with van der Waals surface area (Å²) in [5, 5.41) is 62.9. The van der Waals surface area contributed by atoms with E-state index in [0.717, 1.165) is 59.3 Å². The lowest BCUT2D eigenvalue weighted by Crippen LogP contribution is -2.51. The number of carbonyl (C=O) groups is 1. The third-order valence-electron chi connectivity index (χ3n) is 9.82. The van der Waals surface area contributed by atoms with E-state index in [1.165, 1.54) is 4.90 Å². The van der Waals surface area contributed by atoms with Crippen LogP contribution in [-0.2, 0) is 16.9 Å². The molecule has 0 spiro atoms. The molecule has 1 aromatic heterocycles. The molecule has 272 valence electrons. The van der Waals surface area contributed by atoms with Crippen molar-refractivity contribution in [1.82, 2.24) is 15.2 Å². The molecule has 50 heavy (non-hydrogen) atoms. The molecular weight excluding hydrogens is 662 g/mol. The van der Waals surface area contributed by atoms with Crippen molar-refractivity contribution in [3.05, 3.63) is 82.6 Å². The Bertz CT molecular complexity index is 1570. The maximum Gasteiger partial charge on any atom is 0.222 e. The van der Waals surface area contributed by atoms with Crippen LogP contribution in [0.15, 0.2) is 60.9 Å². The summed E-state index contributed by atoms with van der Waals surface area (Å²) >= 11 is 6.70. The summed E-state index contributed by atoms with van der Waals surface area (Å²) in [5.74, 6) is 0.703. The van der Waals surface area contributed by atoms with Crippen LogP contribution in [0.3, 0.4) is 0 Å². The molecule has 5 atom stereocenters. The fraction of sp³-hybridized carbons (Fsp3) is 0.526. The number of halogens is 1. The Labute approximate surface area is 298 Å². The lowest BCUT2D eigenvalue weighted by Gasteiger charge is -2.30. The molecule has 2 saturated carbocycles. The molecule has 12 heteroatoms. The van der Waals surface area contributed by atoms with Crippen LogP contribution in [0.2, 0.25) is 5.02 Å². The number of ether oxygens (including phenoxy) is 1. The van der Waals surface area contributed by atoms with Gasteiger partial charge in [0.1, 0.15) is 30.2 Å². The molecule has 2 aromatic carbocycles. The minimum atomic E-state index is -1.79. The minimum absolute atomic E-state index is 0.0624. The summed E-state index contributed by atoms with van der Waals surface area (Å²) in [6.45, 7) is 1.11. The van der Waals surface area contributed by atoms with Crippen LogP contribution in [0.4, 0.5) is 0 Å². The zero-order valence-corrected chi connectivity index (χ0v) is 29.3. The fourth-order valence-corrected chi connectivity index (χ4v) is 6.54. The number of carbonyl (C=O) groups excluding carboxylic acids is 1. The lowest BCUT2D eigenvalue weighted by atomic mass is 9.93. The number of hydrogen-bond donors (Lipinski definition) is 7. The first-order valence-corrected chi connectivity index (χ1v) is 17.9. The second-order valence-corrected chi connectivity index (χ2v) is 14.1. The molecule has 0 bridgehead atoms. The van der Waals surface area contributed by atoms with Gasteiger partial charge in [-0.05, 0) is 84.9 Å². The van der Waals surface area contributed by atoms with E-state index in [9.17, 15) is 30.3 Å². The quantitative estimate of drug-likeness (QED) is 0.0922. The Morgan fingerprint density at radius 3 is 2.48 bits per heavy atom. The van der Waals surface area contributed by atoms with E-state index in [1.807, 2.05) is 42.7 Å². The summed E-state index contributed by atoms with van der Waals surface area (Å²) in [7, 11) is 0. The molecular formula is C38H50ClN3O8. The predicted octanol–water partition coefficient (Wildman–Crippen LogP) is 3.25. The first-order chi connectivity index (χ1) is 24.1. The third kappa shape index (κ3) is 9.59. The topological polar surface area (TPSA) is 176 Å². The van der Waals surface area contributed by atoms with Crippen LogP contribution in [0.25, 0.3) is 11.1 Å². The molecule has 1 amide bonds. The monoisotopic (exact) mass is 711 g/mol. The second kappa shape index (κ2) is 17.4. The van der Waals surface area contributed by atoms with Gasteiger partial charge in [-0.25, -0.2) is 0 Å². The van der Waals surface area contributed by atoms with Crippen molar-refractivity contribution in [2.24, 2.45) is 0 Å². The molecule has 0 aliphatic heterocycles. The zero-order chi connectivity index (χ0) is 35.8. The Morgan fingerprint density at radius 2 is 1.78 bits per heavy atom. The summed E-state index contributed by atoms with van der Waals surface area (Å²) in [5.41, 5.74) is 5.19. The molecule has 1 heterocycles. The molecule has 7 N–H and O–H groups in total. The summed E-state index contributed by atoms with van der Waals surface area (Å²) in [6, 6.07) is 16.3. The maximum absolute atomic E-state index is 13.0. The molecule has 11 nitrogen and oxygen atoms in total. The number of hydrogen-bond acceptors (Lipinski definition) is 10. The number of benzene rings is 2. The van der Waals surface area contributed by atoms with Crippen molar-refractivity contribution < 1.29 is 40.2 Å². The highest BCUT2D eigenvalue weighted by Crippen LogP contribution is 2.50. The SMILES string of the molecule is CC(CCCC(=O)N(CCO)C[C@@H](O)[C@H](O)[C@@H](O)[C@@H](O)CO)c1ccc(Cl)c(CNC2(c3cnccc3-c3ccccc3OC3CC3)CC2)c1. The Hall–Kier alpha value is -3.13. The van der Waals surface area contributed by atoms with Crippen LogP contribution in [0.5, 0.6) is 5.75 Å². The normalized spacial score (nSPS) is 18.2. The average Bonchev–Trinajstić information content (AvgIpc) is 4.08. The van der Waals surface area contributed by atoms with Crippen LogP contribution in [0, 0.1) is 0 Å². The largest absolute Gasteiger partial charge is 0.490 e. The number of nitrogens with zero attached hydrogens (tertiary/aromatic N) is 2. The summed E-state index contributed by atoms with van der Waals surface area (Å²) < 4.78 is 6.25. The molecule has 2 aliphatic carbocycles. The van der Waals surface area contributed by atoms with E-state index in [1.54, 1.807) is 0 Å². The van der Waals surface area contributed by atoms with Crippen molar-refractivity contribution in [2.75, 3.05) is 26.3 Å². The number of para-hydroxylation sites is 1. The van der Waals surface area contributed by atoms with Crippen LogP contribution in [0.1, 0.15) is 74.5 Å². The highest BCUT2D eigenvalue weighted by atomic mass is 35.5. The molecule has 3 aromatic rings. The first kappa shape index (κ1) is 38.1. The number of aliphatic hydroxyl groups is 6. The number of rotatable bonds is 20. The van der Waals surface area contributed by atoms with E-state index < -0.39 is 31.0 Å². The van der Waals surface area contributed by atoms with Crippen LogP contribution >= 0.6 is 11.6 Å². The van der Waals surface area contributed by atoms with Gasteiger partial charge in [0.25, 0.3) is 0 Å². The predicted molar refractivity (Wildman–Crippen MR) is 190 cm³/mol. The van der Waals surface area contributed by atoms with Crippen LogP contribution < -0.4 is 10.1 Å². The highest BCUT2D eigenvalue weighted by molar-refractivity contribution is 6.31. The fourth-order valence-electron chi connectivity index (χ4n) is 6.36. The Kier molecular flexibility index (Phi) is 13.3. The smallest absolute Gasteiger partial charge is 0.222 e. The minimum Gasteiger partial charge on any atom is -0.490 e. The van der Waals surface area contributed by atoms with Crippen molar-refractivity contribution in [1.29, 1.82) is 0 Å². The van der Waals surface area contributed by atoms with Crippen molar-refractivity contribution in [2.45, 2.75) is 100 Å². The first-order valence-electron chi connectivity index (χ1n) is 17.5. The van der Waals surface area contributed by atoms with Gasteiger partial charge in [-0.3, -0.25) is 9.78 Å². The van der Waals surface area contributed by atoms with Gasteiger partial charge >= 0.3 is 0 Å².